The first kappa shape index (κ1) is 16.8. The molecular formula is C11H10F4N2O4. The number of carbonyl (C=O) groups is 1. The maximum absolute atomic E-state index is 13.6. The fraction of sp³-hybridized carbons (Fsp3) is 0.364. The molecule has 1 aromatic carbocycles. The van der Waals surface area contributed by atoms with E-state index in [4.69, 9.17) is 0 Å². The molecule has 0 spiro atoms. The molecule has 10 heteroatoms. The molecule has 1 rings (SSSR count). The number of nitro groups is 1. The van der Waals surface area contributed by atoms with E-state index >= 15 is 0 Å². The highest BCUT2D eigenvalue weighted by molar-refractivity contribution is 5.95. The molecule has 1 N–H and O–H groups in total. The maximum Gasteiger partial charge on any atom is 0.308 e. The first-order valence-corrected chi connectivity index (χ1v) is 5.60. The van der Waals surface area contributed by atoms with Crippen molar-refractivity contribution in [2.75, 3.05) is 19.8 Å². The minimum atomic E-state index is -2.66. The van der Waals surface area contributed by atoms with E-state index in [1.807, 2.05) is 0 Å². The van der Waals surface area contributed by atoms with Crippen LogP contribution in [0.5, 0.6) is 0 Å². The van der Waals surface area contributed by atoms with Gasteiger partial charge in [0.05, 0.1) is 23.2 Å². The summed E-state index contributed by atoms with van der Waals surface area (Å²) in [4.78, 5) is 20.9. The molecular weight excluding hydrogens is 300 g/mol. The molecule has 0 aliphatic carbocycles. The molecule has 0 saturated heterocycles. The number of alkyl halides is 2. The SMILES string of the molecule is O=C(NCCOCC(F)F)c1cc(F)cc([N+](=O)[O-])c1F. The quantitative estimate of drug-likeness (QED) is 0.361. The highest BCUT2D eigenvalue weighted by Gasteiger charge is 2.23. The lowest BCUT2D eigenvalue weighted by Crippen LogP contribution is -2.28. The van der Waals surface area contributed by atoms with Crippen LogP contribution in [0.15, 0.2) is 12.1 Å². The molecule has 0 bridgehead atoms. The van der Waals surface area contributed by atoms with Gasteiger partial charge in [0.2, 0.25) is 5.82 Å². The molecule has 0 heterocycles. The van der Waals surface area contributed by atoms with Gasteiger partial charge in [-0.05, 0) is 6.07 Å². The summed E-state index contributed by atoms with van der Waals surface area (Å²) < 4.78 is 54.7. The first-order valence-electron chi connectivity index (χ1n) is 5.60. The highest BCUT2D eigenvalue weighted by Crippen LogP contribution is 2.22. The molecule has 0 radical (unpaired) electrons. The van der Waals surface area contributed by atoms with Crippen molar-refractivity contribution in [2.24, 2.45) is 0 Å². The van der Waals surface area contributed by atoms with E-state index in [-0.39, 0.29) is 13.2 Å². The zero-order valence-electron chi connectivity index (χ0n) is 10.4. The molecule has 1 amide bonds. The van der Waals surface area contributed by atoms with Crippen molar-refractivity contribution in [3.05, 3.63) is 39.4 Å². The van der Waals surface area contributed by atoms with Crippen LogP contribution in [0.4, 0.5) is 23.2 Å². The van der Waals surface area contributed by atoms with Crippen LogP contribution in [0.2, 0.25) is 0 Å². The summed E-state index contributed by atoms with van der Waals surface area (Å²) in [6.07, 6.45) is -2.66. The second-order valence-electron chi connectivity index (χ2n) is 3.77. The van der Waals surface area contributed by atoms with E-state index in [9.17, 15) is 32.5 Å². The largest absolute Gasteiger partial charge is 0.374 e. The number of nitro benzene ring substituents is 1. The van der Waals surface area contributed by atoms with Crippen LogP contribution in [-0.4, -0.2) is 37.0 Å². The third kappa shape index (κ3) is 4.99. The second-order valence-corrected chi connectivity index (χ2v) is 3.77. The van der Waals surface area contributed by atoms with Crippen LogP contribution in [-0.2, 0) is 4.74 Å². The van der Waals surface area contributed by atoms with Crippen LogP contribution in [0.3, 0.4) is 0 Å². The molecule has 0 unspecified atom stereocenters. The van der Waals surface area contributed by atoms with E-state index in [0.717, 1.165) is 0 Å². The monoisotopic (exact) mass is 310 g/mol. The Morgan fingerprint density at radius 2 is 2.05 bits per heavy atom. The zero-order chi connectivity index (χ0) is 16.0. The number of carbonyl (C=O) groups excluding carboxylic acids is 1. The fourth-order valence-electron chi connectivity index (χ4n) is 1.38. The lowest BCUT2D eigenvalue weighted by Gasteiger charge is -2.07. The standard InChI is InChI=1S/C11H10F4N2O4/c12-6-3-7(10(15)8(4-6)17(19)20)11(18)16-1-2-21-5-9(13)14/h3-4,9H,1-2,5H2,(H,16,18). The molecule has 0 aliphatic heterocycles. The first-order chi connectivity index (χ1) is 9.82. The average Bonchev–Trinajstić information content (AvgIpc) is 2.39. The third-order valence-electron chi connectivity index (χ3n) is 2.24. The van der Waals surface area contributed by atoms with Crippen LogP contribution >= 0.6 is 0 Å². The highest BCUT2D eigenvalue weighted by atomic mass is 19.3. The van der Waals surface area contributed by atoms with Crippen molar-refractivity contribution < 1.29 is 32.0 Å². The van der Waals surface area contributed by atoms with Crippen molar-refractivity contribution in [2.45, 2.75) is 6.43 Å². The lowest BCUT2D eigenvalue weighted by atomic mass is 10.1. The fourth-order valence-corrected chi connectivity index (χ4v) is 1.38. The molecule has 116 valence electrons. The predicted molar refractivity (Wildman–Crippen MR) is 62.2 cm³/mol. The van der Waals surface area contributed by atoms with E-state index in [1.165, 1.54) is 0 Å². The Balaban J connectivity index is 2.68. The van der Waals surface area contributed by atoms with Crippen molar-refractivity contribution in [1.29, 1.82) is 0 Å². The maximum atomic E-state index is 13.6. The molecule has 0 fully saturated rings. The molecule has 6 nitrogen and oxygen atoms in total. The smallest absolute Gasteiger partial charge is 0.308 e. The number of benzene rings is 1. The van der Waals surface area contributed by atoms with E-state index in [2.05, 4.69) is 10.1 Å². The summed E-state index contributed by atoms with van der Waals surface area (Å²) >= 11 is 0. The average molecular weight is 310 g/mol. The Kier molecular flexibility index (Phi) is 6.03. The van der Waals surface area contributed by atoms with Crippen LogP contribution in [0, 0.1) is 21.7 Å². The number of hydrogen-bond acceptors (Lipinski definition) is 4. The van der Waals surface area contributed by atoms with Gasteiger partial charge in [-0.1, -0.05) is 0 Å². The van der Waals surface area contributed by atoms with E-state index < -0.39 is 46.7 Å². The molecule has 0 saturated carbocycles. The van der Waals surface area contributed by atoms with Crippen LogP contribution in [0.25, 0.3) is 0 Å². The summed E-state index contributed by atoms with van der Waals surface area (Å²) in [5.74, 6) is -3.75. The Hall–Kier alpha value is -2.23. The van der Waals surface area contributed by atoms with Gasteiger partial charge in [0.15, 0.2) is 0 Å². The van der Waals surface area contributed by atoms with Gasteiger partial charge in [-0.25, -0.2) is 13.2 Å². The lowest BCUT2D eigenvalue weighted by molar-refractivity contribution is -0.387. The number of amides is 1. The molecule has 0 aliphatic rings. The Morgan fingerprint density at radius 3 is 2.62 bits per heavy atom. The van der Waals surface area contributed by atoms with Gasteiger partial charge in [0, 0.05) is 6.54 Å². The normalized spacial score (nSPS) is 10.7. The van der Waals surface area contributed by atoms with Crippen LogP contribution < -0.4 is 5.32 Å². The van der Waals surface area contributed by atoms with Crippen molar-refractivity contribution >= 4 is 11.6 Å². The number of nitrogens with zero attached hydrogens (tertiary/aromatic N) is 1. The topological polar surface area (TPSA) is 81.5 Å². The van der Waals surface area contributed by atoms with E-state index in [1.54, 1.807) is 0 Å². The number of rotatable bonds is 7. The Bertz CT molecular complexity index is 539. The van der Waals surface area contributed by atoms with Crippen molar-refractivity contribution in [1.82, 2.24) is 5.32 Å². The number of nitrogens with one attached hydrogen (secondary N) is 1. The van der Waals surface area contributed by atoms with Crippen molar-refractivity contribution in [3.8, 4) is 0 Å². The van der Waals surface area contributed by atoms with Crippen molar-refractivity contribution in [3.63, 3.8) is 0 Å². The molecule has 1 aromatic rings. The Morgan fingerprint density at radius 1 is 1.38 bits per heavy atom. The molecule has 0 atom stereocenters. The van der Waals surface area contributed by atoms with Gasteiger partial charge < -0.3 is 10.1 Å². The van der Waals surface area contributed by atoms with Gasteiger partial charge in [0.25, 0.3) is 12.3 Å². The molecule has 21 heavy (non-hydrogen) atoms. The van der Waals surface area contributed by atoms with Crippen LogP contribution in [0.1, 0.15) is 10.4 Å². The summed E-state index contributed by atoms with van der Waals surface area (Å²) in [5, 5.41) is 12.6. The zero-order valence-corrected chi connectivity index (χ0v) is 10.4. The van der Waals surface area contributed by atoms with Gasteiger partial charge in [-0.3, -0.25) is 14.9 Å². The van der Waals surface area contributed by atoms with E-state index in [0.29, 0.717) is 12.1 Å². The minimum Gasteiger partial charge on any atom is -0.374 e. The predicted octanol–water partition coefficient (Wildman–Crippen LogP) is 1.88. The summed E-state index contributed by atoms with van der Waals surface area (Å²) in [7, 11) is 0. The van der Waals surface area contributed by atoms with Gasteiger partial charge in [-0.15, -0.1) is 0 Å². The molecule has 0 aromatic heterocycles. The summed E-state index contributed by atoms with van der Waals surface area (Å²) in [5.41, 5.74) is -2.02. The van der Waals surface area contributed by atoms with Gasteiger partial charge in [0.1, 0.15) is 12.4 Å². The number of ether oxygens (including phenoxy) is 1. The third-order valence-corrected chi connectivity index (χ3v) is 2.24. The van der Waals surface area contributed by atoms with Gasteiger partial charge in [-0.2, -0.15) is 4.39 Å². The second kappa shape index (κ2) is 7.53. The minimum absolute atomic E-state index is 0.241. The number of halogens is 4. The van der Waals surface area contributed by atoms with Gasteiger partial charge >= 0.3 is 5.69 Å². The summed E-state index contributed by atoms with van der Waals surface area (Å²) in [6, 6.07) is 0.843. The Labute approximate surface area is 115 Å². The number of hydrogen-bond donors (Lipinski definition) is 1. The summed E-state index contributed by atoms with van der Waals surface area (Å²) in [6.45, 7) is -1.33.